The van der Waals surface area contributed by atoms with Crippen LogP contribution in [0.1, 0.15) is 0 Å². The Balaban J connectivity index is 1.82. The molecule has 30 heavy (non-hydrogen) atoms. The van der Waals surface area contributed by atoms with Crippen molar-refractivity contribution in [2.75, 3.05) is 37.9 Å². The van der Waals surface area contributed by atoms with Gasteiger partial charge in [-0.15, -0.1) is 0 Å². The molecule has 2 amide bonds. The average Bonchev–Trinajstić information content (AvgIpc) is 3.02. The van der Waals surface area contributed by atoms with Crippen molar-refractivity contribution >= 4 is 29.0 Å². The SMILES string of the molecule is CN(C)CCOc1ccc(NC(=O)Nc2ccc(Cl)cc2)cc1-c1c(F)cnn1C. The Hall–Kier alpha value is -3.10. The van der Waals surface area contributed by atoms with E-state index in [1.54, 1.807) is 49.5 Å². The van der Waals surface area contributed by atoms with Crippen LogP contribution in [0.4, 0.5) is 20.6 Å². The number of aromatic nitrogens is 2. The third-order valence-electron chi connectivity index (χ3n) is 4.28. The van der Waals surface area contributed by atoms with Gasteiger partial charge in [0.1, 0.15) is 18.1 Å². The van der Waals surface area contributed by atoms with Crippen LogP contribution in [0.5, 0.6) is 5.75 Å². The maximum absolute atomic E-state index is 14.4. The number of anilines is 2. The van der Waals surface area contributed by atoms with Gasteiger partial charge in [0.25, 0.3) is 0 Å². The number of likely N-dealkylation sites (N-methyl/N-ethyl adjacent to an activating group) is 1. The summed E-state index contributed by atoms with van der Waals surface area (Å²) in [6.45, 7) is 1.14. The van der Waals surface area contributed by atoms with Gasteiger partial charge >= 0.3 is 6.03 Å². The van der Waals surface area contributed by atoms with E-state index in [1.165, 1.54) is 4.68 Å². The van der Waals surface area contributed by atoms with Crippen LogP contribution in [-0.2, 0) is 7.05 Å². The number of hydrogen-bond donors (Lipinski definition) is 2. The van der Waals surface area contributed by atoms with Gasteiger partial charge in [-0.3, -0.25) is 4.68 Å². The lowest BCUT2D eigenvalue weighted by Gasteiger charge is -2.16. The molecule has 1 aromatic heterocycles. The molecule has 0 unspecified atom stereocenters. The molecule has 1 heterocycles. The molecule has 0 aliphatic rings. The van der Waals surface area contributed by atoms with Crippen molar-refractivity contribution in [3.05, 3.63) is 59.5 Å². The van der Waals surface area contributed by atoms with Crippen molar-refractivity contribution in [1.29, 1.82) is 0 Å². The van der Waals surface area contributed by atoms with Gasteiger partial charge in [0.05, 0.1) is 6.20 Å². The molecule has 0 spiro atoms. The lowest BCUT2D eigenvalue weighted by atomic mass is 10.1. The van der Waals surface area contributed by atoms with Crippen molar-refractivity contribution in [3.8, 4) is 17.0 Å². The topological polar surface area (TPSA) is 71.4 Å². The van der Waals surface area contributed by atoms with Crippen molar-refractivity contribution in [1.82, 2.24) is 14.7 Å². The second-order valence-electron chi connectivity index (χ2n) is 6.91. The molecule has 0 saturated heterocycles. The van der Waals surface area contributed by atoms with Crippen LogP contribution in [0.25, 0.3) is 11.3 Å². The van der Waals surface area contributed by atoms with E-state index < -0.39 is 11.8 Å². The fourth-order valence-electron chi connectivity index (χ4n) is 2.80. The third kappa shape index (κ3) is 5.49. The van der Waals surface area contributed by atoms with Gasteiger partial charge < -0.3 is 20.3 Å². The molecule has 3 rings (SSSR count). The highest BCUT2D eigenvalue weighted by atomic mass is 35.5. The molecule has 0 bridgehead atoms. The lowest BCUT2D eigenvalue weighted by molar-refractivity contribution is 0.261. The van der Waals surface area contributed by atoms with Gasteiger partial charge in [-0.05, 0) is 56.6 Å². The summed E-state index contributed by atoms with van der Waals surface area (Å²) in [7, 11) is 5.53. The molecular formula is C21H23ClFN5O2. The smallest absolute Gasteiger partial charge is 0.323 e. The van der Waals surface area contributed by atoms with Crippen molar-refractivity contribution in [2.24, 2.45) is 7.05 Å². The monoisotopic (exact) mass is 431 g/mol. The molecule has 0 radical (unpaired) electrons. The van der Waals surface area contributed by atoms with Gasteiger partial charge in [0.2, 0.25) is 0 Å². The number of carbonyl (C=O) groups is 1. The maximum atomic E-state index is 14.4. The minimum Gasteiger partial charge on any atom is -0.492 e. The summed E-state index contributed by atoms with van der Waals surface area (Å²) in [6, 6.07) is 11.4. The molecule has 0 aliphatic heterocycles. The zero-order valence-electron chi connectivity index (χ0n) is 16.9. The summed E-state index contributed by atoms with van der Waals surface area (Å²) in [6.07, 6.45) is 1.15. The molecule has 0 saturated carbocycles. The first-order valence-corrected chi connectivity index (χ1v) is 9.64. The number of carbonyl (C=O) groups excluding carboxylic acids is 1. The van der Waals surface area contributed by atoms with E-state index in [-0.39, 0.29) is 5.69 Å². The van der Waals surface area contributed by atoms with Crippen LogP contribution in [0, 0.1) is 5.82 Å². The number of aryl methyl sites for hydroxylation is 1. The van der Waals surface area contributed by atoms with Crippen molar-refractivity contribution in [2.45, 2.75) is 0 Å². The van der Waals surface area contributed by atoms with Crippen LogP contribution in [0.15, 0.2) is 48.7 Å². The molecular weight excluding hydrogens is 409 g/mol. The molecule has 0 atom stereocenters. The fraction of sp³-hybridized carbons (Fsp3) is 0.238. The first-order valence-electron chi connectivity index (χ1n) is 9.26. The van der Waals surface area contributed by atoms with Gasteiger partial charge in [0, 0.05) is 35.6 Å². The highest BCUT2D eigenvalue weighted by Crippen LogP contribution is 2.34. The number of amides is 2. The maximum Gasteiger partial charge on any atom is 0.323 e. The predicted octanol–water partition coefficient (Wildman–Crippen LogP) is 4.46. The normalized spacial score (nSPS) is 10.9. The number of ether oxygens (including phenoxy) is 1. The van der Waals surface area contributed by atoms with E-state index in [4.69, 9.17) is 16.3 Å². The number of benzene rings is 2. The average molecular weight is 432 g/mol. The molecule has 2 N–H and O–H groups in total. The molecule has 9 heteroatoms. The number of nitrogens with zero attached hydrogens (tertiary/aromatic N) is 3. The standard InChI is InChI=1S/C21H23ClFN5O2/c1-27(2)10-11-30-19-9-8-16(12-17(19)20-18(23)13-24-28(20)3)26-21(29)25-15-6-4-14(22)5-7-15/h4-9,12-13H,10-11H2,1-3H3,(H2,25,26,29). The van der Waals surface area contributed by atoms with Gasteiger partial charge in [0.15, 0.2) is 5.82 Å². The van der Waals surface area contributed by atoms with E-state index in [0.29, 0.717) is 40.9 Å². The van der Waals surface area contributed by atoms with Crippen LogP contribution in [0.2, 0.25) is 5.02 Å². The fourth-order valence-corrected chi connectivity index (χ4v) is 2.92. The number of halogens is 2. The minimum atomic E-state index is -0.474. The summed E-state index contributed by atoms with van der Waals surface area (Å²) in [5.41, 5.74) is 1.85. The van der Waals surface area contributed by atoms with Gasteiger partial charge in [-0.25, -0.2) is 9.18 Å². The van der Waals surface area contributed by atoms with E-state index in [0.717, 1.165) is 6.20 Å². The molecule has 7 nitrogen and oxygen atoms in total. The largest absolute Gasteiger partial charge is 0.492 e. The van der Waals surface area contributed by atoms with Crippen LogP contribution in [0.3, 0.4) is 0 Å². The summed E-state index contributed by atoms with van der Waals surface area (Å²) >= 11 is 5.86. The quantitative estimate of drug-likeness (QED) is 0.579. The summed E-state index contributed by atoms with van der Waals surface area (Å²) in [4.78, 5) is 14.3. The Bertz CT molecular complexity index is 1000. The van der Waals surface area contributed by atoms with Gasteiger partial charge in [-0.2, -0.15) is 5.10 Å². The second kappa shape index (κ2) is 9.60. The lowest BCUT2D eigenvalue weighted by Crippen LogP contribution is -2.20. The Labute approximate surface area is 179 Å². The predicted molar refractivity (Wildman–Crippen MR) is 117 cm³/mol. The van der Waals surface area contributed by atoms with Crippen molar-refractivity contribution < 1.29 is 13.9 Å². The number of hydrogen-bond acceptors (Lipinski definition) is 4. The Morgan fingerprint density at radius 2 is 1.83 bits per heavy atom. The molecule has 0 aliphatic carbocycles. The number of urea groups is 1. The number of nitrogens with one attached hydrogen (secondary N) is 2. The van der Waals surface area contributed by atoms with E-state index in [9.17, 15) is 9.18 Å². The van der Waals surface area contributed by atoms with E-state index in [2.05, 4.69) is 15.7 Å². The van der Waals surface area contributed by atoms with Gasteiger partial charge in [-0.1, -0.05) is 11.6 Å². The summed E-state index contributed by atoms with van der Waals surface area (Å²) < 4.78 is 21.7. The molecule has 2 aromatic carbocycles. The van der Waals surface area contributed by atoms with E-state index in [1.807, 2.05) is 19.0 Å². The summed E-state index contributed by atoms with van der Waals surface area (Å²) in [5.74, 6) is 0.0285. The zero-order chi connectivity index (χ0) is 21.7. The molecule has 158 valence electrons. The third-order valence-corrected chi connectivity index (χ3v) is 4.54. The first kappa shape index (κ1) is 21.6. The molecule has 3 aromatic rings. The Kier molecular flexibility index (Phi) is 6.91. The van der Waals surface area contributed by atoms with Crippen LogP contribution in [-0.4, -0.2) is 48.0 Å². The van der Waals surface area contributed by atoms with Crippen LogP contribution >= 0.6 is 11.6 Å². The van der Waals surface area contributed by atoms with Crippen molar-refractivity contribution in [3.63, 3.8) is 0 Å². The first-order chi connectivity index (χ1) is 14.3. The highest BCUT2D eigenvalue weighted by molar-refractivity contribution is 6.30. The van der Waals surface area contributed by atoms with Crippen LogP contribution < -0.4 is 15.4 Å². The zero-order valence-corrected chi connectivity index (χ0v) is 17.7. The Morgan fingerprint density at radius 3 is 2.47 bits per heavy atom. The summed E-state index contributed by atoms with van der Waals surface area (Å²) in [5, 5.41) is 10.0. The number of rotatable bonds is 7. The minimum absolute atomic E-state index is 0.275. The highest BCUT2D eigenvalue weighted by Gasteiger charge is 2.17. The van der Waals surface area contributed by atoms with E-state index >= 15 is 0 Å². The second-order valence-corrected chi connectivity index (χ2v) is 7.35. The molecule has 0 fully saturated rings. The Morgan fingerprint density at radius 1 is 1.17 bits per heavy atom.